The first-order chi connectivity index (χ1) is 8.13. The van der Waals surface area contributed by atoms with Crippen molar-refractivity contribution in [2.75, 3.05) is 13.7 Å². The lowest BCUT2D eigenvalue weighted by Gasteiger charge is -2.19. The van der Waals surface area contributed by atoms with Gasteiger partial charge in [-0.15, -0.1) is 0 Å². The van der Waals surface area contributed by atoms with Crippen molar-refractivity contribution in [3.05, 3.63) is 12.2 Å². The molecule has 0 aromatic heterocycles. The van der Waals surface area contributed by atoms with Crippen LogP contribution in [0.3, 0.4) is 0 Å². The lowest BCUT2D eigenvalue weighted by Crippen LogP contribution is -2.38. The van der Waals surface area contributed by atoms with E-state index in [4.69, 9.17) is 9.84 Å². The summed E-state index contributed by atoms with van der Waals surface area (Å²) >= 11 is 0. The van der Waals surface area contributed by atoms with Gasteiger partial charge in [0.1, 0.15) is 0 Å². The number of amides is 1. The lowest BCUT2D eigenvalue weighted by atomic mass is 9.93. The van der Waals surface area contributed by atoms with Crippen molar-refractivity contribution in [2.24, 2.45) is 5.92 Å². The van der Waals surface area contributed by atoms with Gasteiger partial charge in [-0.3, -0.25) is 9.59 Å². The highest BCUT2D eigenvalue weighted by atomic mass is 16.5. The third-order valence-corrected chi connectivity index (χ3v) is 2.88. The van der Waals surface area contributed by atoms with Gasteiger partial charge in [0.2, 0.25) is 5.91 Å². The molecule has 1 aliphatic carbocycles. The Morgan fingerprint density at radius 1 is 1.53 bits per heavy atom. The summed E-state index contributed by atoms with van der Waals surface area (Å²) in [6.45, 7) is 0.252. The number of methoxy groups -OCH3 is 1. The largest absolute Gasteiger partial charge is 0.481 e. The molecule has 0 aliphatic heterocycles. The van der Waals surface area contributed by atoms with E-state index in [1.807, 2.05) is 6.08 Å². The summed E-state index contributed by atoms with van der Waals surface area (Å²) in [6, 6.07) is 0. The van der Waals surface area contributed by atoms with Gasteiger partial charge in [0.15, 0.2) is 0 Å². The molecule has 0 aromatic carbocycles. The Bertz CT molecular complexity index is 301. The van der Waals surface area contributed by atoms with Crippen molar-refractivity contribution >= 4 is 11.9 Å². The zero-order valence-electron chi connectivity index (χ0n) is 10.0. The van der Waals surface area contributed by atoms with Crippen molar-refractivity contribution in [1.82, 2.24) is 5.32 Å². The Kier molecular flexibility index (Phi) is 5.69. The zero-order chi connectivity index (χ0) is 12.7. The van der Waals surface area contributed by atoms with Crippen LogP contribution in [0, 0.1) is 5.92 Å². The maximum Gasteiger partial charge on any atom is 0.306 e. The maximum atomic E-state index is 11.8. The second kappa shape index (κ2) is 7.06. The number of carboxylic acids is 1. The van der Waals surface area contributed by atoms with Crippen molar-refractivity contribution in [1.29, 1.82) is 0 Å². The summed E-state index contributed by atoms with van der Waals surface area (Å²) in [5.74, 6) is -0.921. The van der Waals surface area contributed by atoms with Crippen LogP contribution in [0.2, 0.25) is 0 Å². The van der Waals surface area contributed by atoms with Crippen molar-refractivity contribution < 1.29 is 19.4 Å². The Balaban J connectivity index is 2.30. The number of rotatable bonds is 6. The Morgan fingerprint density at radius 2 is 2.29 bits per heavy atom. The van der Waals surface area contributed by atoms with E-state index in [2.05, 4.69) is 11.4 Å². The molecule has 0 saturated carbocycles. The van der Waals surface area contributed by atoms with Crippen molar-refractivity contribution in [3.8, 4) is 0 Å². The highest BCUT2D eigenvalue weighted by Crippen LogP contribution is 2.17. The molecule has 2 unspecified atom stereocenters. The molecule has 0 heterocycles. The predicted octanol–water partition coefficient (Wildman–Crippen LogP) is 0.949. The quantitative estimate of drug-likeness (QED) is 0.679. The van der Waals surface area contributed by atoms with Gasteiger partial charge in [-0.1, -0.05) is 12.2 Å². The number of ether oxygens (including phenoxy) is 1. The summed E-state index contributed by atoms with van der Waals surface area (Å²) < 4.78 is 4.99. The Morgan fingerprint density at radius 3 is 2.82 bits per heavy atom. The van der Waals surface area contributed by atoms with Crippen LogP contribution in [0.4, 0.5) is 0 Å². The fraction of sp³-hybridized carbons (Fsp3) is 0.667. The smallest absolute Gasteiger partial charge is 0.306 e. The van der Waals surface area contributed by atoms with Crippen LogP contribution in [0.25, 0.3) is 0 Å². The van der Waals surface area contributed by atoms with Gasteiger partial charge >= 0.3 is 5.97 Å². The molecule has 5 nitrogen and oxygen atoms in total. The van der Waals surface area contributed by atoms with E-state index in [9.17, 15) is 9.59 Å². The number of carbonyl (C=O) groups is 2. The Labute approximate surface area is 101 Å². The molecule has 2 N–H and O–H groups in total. The highest BCUT2D eigenvalue weighted by Gasteiger charge is 2.20. The second-order valence-corrected chi connectivity index (χ2v) is 4.18. The molecule has 1 aliphatic rings. The molecule has 0 fully saturated rings. The van der Waals surface area contributed by atoms with E-state index in [1.165, 1.54) is 7.11 Å². The molecule has 5 heteroatoms. The van der Waals surface area contributed by atoms with Gasteiger partial charge < -0.3 is 15.2 Å². The van der Waals surface area contributed by atoms with Crippen LogP contribution in [-0.4, -0.2) is 36.7 Å². The van der Waals surface area contributed by atoms with Crippen LogP contribution in [0.1, 0.15) is 25.7 Å². The van der Waals surface area contributed by atoms with E-state index >= 15 is 0 Å². The first kappa shape index (κ1) is 13.7. The van der Waals surface area contributed by atoms with Crippen LogP contribution in [-0.2, 0) is 14.3 Å². The molecule has 0 saturated heterocycles. The molecule has 0 aromatic rings. The normalized spacial score (nSPS) is 20.9. The Hall–Kier alpha value is -1.36. The van der Waals surface area contributed by atoms with E-state index in [1.54, 1.807) is 0 Å². The van der Waals surface area contributed by atoms with Gasteiger partial charge in [0.05, 0.1) is 12.5 Å². The van der Waals surface area contributed by atoms with E-state index in [0.29, 0.717) is 0 Å². The molecular formula is C12H19NO4. The lowest BCUT2D eigenvalue weighted by molar-refractivity contribution is -0.140. The minimum Gasteiger partial charge on any atom is -0.481 e. The number of nitrogens with one attached hydrogen (secondary N) is 1. The summed E-state index contributed by atoms with van der Waals surface area (Å²) in [6.07, 6.45) is 6.09. The second-order valence-electron chi connectivity index (χ2n) is 4.18. The summed E-state index contributed by atoms with van der Waals surface area (Å²) in [5.41, 5.74) is 0. The fourth-order valence-corrected chi connectivity index (χ4v) is 1.82. The molecular weight excluding hydrogens is 222 g/mol. The monoisotopic (exact) mass is 241 g/mol. The van der Waals surface area contributed by atoms with E-state index in [-0.39, 0.29) is 24.8 Å². The zero-order valence-corrected chi connectivity index (χ0v) is 10.0. The SMILES string of the molecule is COC(CNC(=O)C1CC=CCC1)CC(=O)O. The minimum absolute atomic E-state index is 0.0122. The number of carboxylic acid groups (broad SMARTS) is 1. The molecule has 2 atom stereocenters. The fourth-order valence-electron chi connectivity index (χ4n) is 1.82. The van der Waals surface area contributed by atoms with Crippen LogP contribution < -0.4 is 5.32 Å². The number of carbonyl (C=O) groups excluding carboxylic acids is 1. The molecule has 17 heavy (non-hydrogen) atoms. The van der Waals surface area contributed by atoms with Gasteiger partial charge in [0.25, 0.3) is 0 Å². The minimum atomic E-state index is -0.924. The van der Waals surface area contributed by atoms with Gasteiger partial charge in [-0.05, 0) is 19.3 Å². The molecule has 1 amide bonds. The van der Waals surface area contributed by atoms with Crippen molar-refractivity contribution in [3.63, 3.8) is 0 Å². The molecule has 0 spiro atoms. The number of hydrogen-bond acceptors (Lipinski definition) is 3. The molecule has 0 radical (unpaired) electrons. The number of hydrogen-bond donors (Lipinski definition) is 2. The molecule has 1 rings (SSSR count). The summed E-state index contributed by atoms with van der Waals surface area (Å²) in [7, 11) is 1.45. The third kappa shape index (κ3) is 4.99. The highest BCUT2D eigenvalue weighted by molar-refractivity contribution is 5.79. The summed E-state index contributed by atoms with van der Waals surface area (Å²) in [5, 5.41) is 11.4. The first-order valence-electron chi connectivity index (χ1n) is 5.80. The van der Waals surface area contributed by atoms with Gasteiger partial charge in [-0.25, -0.2) is 0 Å². The van der Waals surface area contributed by atoms with Crippen molar-refractivity contribution in [2.45, 2.75) is 31.8 Å². The maximum absolute atomic E-state index is 11.8. The van der Waals surface area contributed by atoms with E-state index in [0.717, 1.165) is 19.3 Å². The summed E-state index contributed by atoms with van der Waals surface area (Å²) in [4.78, 5) is 22.3. The predicted molar refractivity (Wildman–Crippen MR) is 62.5 cm³/mol. The number of aliphatic carboxylic acids is 1. The van der Waals surface area contributed by atoms with Gasteiger partial charge in [0, 0.05) is 19.6 Å². The van der Waals surface area contributed by atoms with E-state index < -0.39 is 12.1 Å². The first-order valence-corrected chi connectivity index (χ1v) is 5.80. The standard InChI is InChI=1S/C12H19NO4/c1-17-10(7-11(14)15)8-13-12(16)9-5-3-2-4-6-9/h2-3,9-10H,4-8H2,1H3,(H,13,16)(H,14,15). The van der Waals surface area contributed by atoms with Crippen LogP contribution >= 0.6 is 0 Å². The molecule has 0 bridgehead atoms. The van der Waals surface area contributed by atoms with Crippen LogP contribution in [0.5, 0.6) is 0 Å². The van der Waals surface area contributed by atoms with Gasteiger partial charge in [-0.2, -0.15) is 0 Å². The topological polar surface area (TPSA) is 75.6 Å². The average molecular weight is 241 g/mol. The third-order valence-electron chi connectivity index (χ3n) is 2.88. The average Bonchev–Trinajstić information content (AvgIpc) is 2.34. The van der Waals surface area contributed by atoms with Crippen LogP contribution in [0.15, 0.2) is 12.2 Å². The molecule has 96 valence electrons. The number of allylic oxidation sites excluding steroid dienone is 2.